The van der Waals surface area contributed by atoms with Gasteiger partial charge in [0.15, 0.2) is 5.11 Å². The molecule has 1 saturated carbocycles. The number of ether oxygens (including phenoxy) is 2. The Hall–Kier alpha value is -1.66. The second-order valence-corrected chi connectivity index (χ2v) is 8.82. The van der Waals surface area contributed by atoms with Crippen molar-refractivity contribution in [2.24, 2.45) is 11.3 Å². The first-order valence-corrected chi connectivity index (χ1v) is 10.6. The fraction of sp³-hybridized carbons (Fsp3) is 0.636. The van der Waals surface area contributed by atoms with E-state index in [0.29, 0.717) is 47.7 Å². The van der Waals surface area contributed by atoms with E-state index >= 15 is 0 Å². The molecule has 0 saturated heterocycles. The van der Waals surface area contributed by atoms with Crippen LogP contribution in [0.1, 0.15) is 63.7 Å². The molecule has 156 valence electrons. The van der Waals surface area contributed by atoms with Crippen LogP contribution in [0, 0.1) is 11.3 Å². The van der Waals surface area contributed by atoms with Crippen molar-refractivity contribution in [2.75, 3.05) is 19.8 Å². The Bertz CT molecular complexity index is 632. The first-order chi connectivity index (χ1) is 13.3. The van der Waals surface area contributed by atoms with E-state index in [1.807, 2.05) is 6.92 Å². The molecule has 1 aromatic carbocycles. The maximum Gasteiger partial charge on any atom is 0.257 e. The molecule has 0 radical (unpaired) electrons. The molecule has 1 aromatic rings. The van der Waals surface area contributed by atoms with Crippen molar-refractivity contribution in [1.82, 2.24) is 10.6 Å². The maximum atomic E-state index is 12.4. The van der Waals surface area contributed by atoms with E-state index in [0.717, 1.165) is 18.8 Å². The molecule has 5 nitrogen and oxygen atoms in total. The fourth-order valence-electron chi connectivity index (χ4n) is 3.57. The standard InChI is InChI=1S/C22H34N2O3S/c1-5-26-14-15-27-19-12-6-16(7-13-19)20(25)24-21(28)23-18-10-8-17(9-11-18)22(2,3)4/h6-7,12-13,17-18H,5,8-11,14-15H2,1-4H3,(H2,23,24,25,28). The van der Waals surface area contributed by atoms with Gasteiger partial charge in [0.2, 0.25) is 0 Å². The van der Waals surface area contributed by atoms with Crippen molar-refractivity contribution < 1.29 is 14.3 Å². The summed E-state index contributed by atoms with van der Waals surface area (Å²) in [5.74, 6) is 1.26. The largest absolute Gasteiger partial charge is 0.491 e. The highest BCUT2D eigenvalue weighted by atomic mass is 32.1. The van der Waals surface area contributed by atoms with Crippen LogP contribution < -0.4 is 15.4 Å². The van der Waals surface area contributed by atoms with Crippen molar-refractivity contribution in [3.63, 3.8) is 0 Å². The quantitative estimate of drug-likeness (QED) is 0.522. The number of thiocarbonyl (C=S) groups is 1. The van der Waals surface area contributed by atoms with Gasteiger partial charge in [0, 0.05) is 18.2 Å². The van der Waals surface area contributed by atoms with Crippen LogP contribution in [0.4, 0.5) is 0 Å². The highest BCUT2D eigenvalue weighted by Gasteiger charge is 2.29. The van der Waals surface area contributed by atoms with Gasteiger partial charge in [-0.05, 0) is 80.4 Å². The van der Waals surface area contributed by atoms with E-state index < -0.39 is 0 Å². The van der Waals surface area contributed by atoms with E-state index in [-0.39, 0.29) is 5.91 Å². The van der Waals surface area contributed by atoms with Crippen LogP contribution in [0.3, 0.4) is 0 Å². The summed E-state index contributed by atoms with van der Waals surface area (Å²) in [5.41, 5.74) is 0.913. The van der Waals surface area contributed by atoms with E-state index in [4.69, 9.17) is 21.7 Å². The fourth-order valence-corrected chi connectivity index (χ4v) is 3.83. The Morgan fingerprint density at radius 1 is 1.11 bits per heavy atom. The second-order valence-electron chi connectivity index (χ2n) is 8.41. The molecule has 0 spiro atoms. The molecular weight excluding hydrogens is 372 g/mol. The van der Waals surface area contributed by atoms with Gasteiger partial charge in [-0.1, -0.05) is 20.8 Å². The Balaban J connectivity index is 1.74. The summed E-state index contributed by atoms with van der Waals surface area (Å²) in [6, 6.07) is 7.38. The molecule has 6 heteroatoms. The molecule has 1 amide bonds. The SMILES string of the molecule is CCOCCOc1ccc(C(=O)NC(=S)NC2CCC(C(C)(C)C)CC2)cc1. The van der Waals surface area contributed by atoms with Gasteiger partial charge in [0.1, 0.15) is 12.4 Å². The average Bonchev–Trinajstić information content (AvgIpc) is 2.65. The van der Waals surface area contributed by atoms with Gasteiger partial charge in [-0.15, -0.1) is 0 Å². The smallest absolute Gasteiger partial charge is 0.257 e. The highest BCUT2D eigenvalue weighted by molar-refractivity contribution is 7.80. The van der Waals surface area contributed by atoms with Crippen molar-refractivity contribution in [2.45, 2.75) is 59.4 Å². The van der Waals surface area contributed by atoms with E-state index in [1.54, 1.807) is 24.3 Å². The van der Waals surface area contributed by atoms with Crippen LogP contribution in [-0.4, -0.2) is 36.9 Å². The van der Waals surface area contributed by atoms with Crippen LogP contribution in [0.25, 0.3) is 0 Å². The van der Waals surface area contributed by atoms with Crippen LogP contribution in [0.2, 0.25) is 0 Å². The van der Waals surface area contributed by atoms with E-state index in [2.05, 4.69) is 31.4 Å². The first kappa shape index (κ1) is 22.6. The number of rotatable bonds is 7. The zero-order valence-corrected chi connectivity index (χ0v) is 18.4. The monoisotopic (exact) mass is 406 g/mol. The molecule has 1 fully saturated rings. The molecule has 2 N–H and O–H groups in total. The molecule has 0 aromatic heterocycles. The number of hydrogen-bond acceptors (Lipinski definition) is 4. The third-order valence-corrected chi connectivity index (χ3v) is 5.55. The Labute approximate surface area is 174 Å². The zero-order chi connectivity index (χ0) is 20.6. The number of carbonyl (C=O) groups is 1. The molecule has 2 rings (SSSR count). The Morgan fingerprint density at radius 3 is 2.32 bits per heavy atom. The van der Waals surface area contributed by atoms with Gasteiger partial charge < -0.3 is 14.8 Å². The summed E-state index contributed by atoms with van der Waals surface area (Å²) >= 11 is 5.34. The predicted molar refractivity (Wildman–Crippen MR) is 117 cm³/mol. The highest BCUT2D eigenvalue weighted by Crippen LogP contribution is 2.37. The minimum absolute atomic E-state index is 0.207. The number of nitrogens with one attached hydrogen (secondary N) is 2. The molecule has 0 unspecified atom stereocenters. The summed E-state index contributed by atoms with van der Waals surface area (Å²) in [6.45, 7) is 10.6. The lowest BCUT2D eigenvalue weighted by molar-refractivity contribution is 0.0975. The number of carbonyl (C=O) groups excluding carboxylic acids is 1. The minimum atomic E-state index is -0.207. The van der Waals surface area contributed by atoms with Gasteiger partial charge in [0.05, 0.1) is 6.61 Å². The van der Waals surface area contributed by atoms with Crippen molar-refractivity contribution in [1.29, 1.82) is 0 Å². The average molecular weight is 407 g/mol. The van der Waals surface area contributed by atoms with E-state index in [9.17, 15) is 4.79 Å². The maximum absolute atomic E-state index is 12.4. The lowest BCUT2D eigenvalue weighted by atomic mass is 9.71. The summed E-state index contributed by atoms with van der Waals surface area (Å²) in [5, 5.41) is 6.49. The molecule has 0 bridgehead atoms. The normalized spacial score (nSPS) is 19.7. The third-order valence-electron chi connectivity index (χ3n) is 5.33. The van der Waals surface area contributed by atoms with Crippen LogP contribution in [-0.2, 0) is 4.74 Å². The number of hydrogen-bond donors (Lipinski definition) is 2. The minimum Gasteiger partial charge on any atom is -0.491 e. The third kappa shape index (κ3) is 7.40. The molecule has 1 aliphatic carbocycles. The van der Waals surface area contributed by atoms with Crippen LogP contribution >= 0.6 is 12.2 Å². The van der Waals surface area contributed by atoms with Crippen molar-refractivity contribution in [3.8, 4) is 5.75 Å². The lowest BCUT2D eigenvalue weighted by Crippen LogP contribution is -2.46. The zero-order valence-electron chi connectivity index (χ0n) is 17.5. The van der Waals surface area contributed by atoms with Crippen LogP contribution in [0.15, 0.2) is 24.3 Å². The Morgan fingerprint density at radius 2 is 1.75 bits per heavy atom. The summed E-state index contributed by atoms with van der Waals surface area (Å²) < 4.78 is 10.8. The van der Waals surface area contributed by atoms with Crippen molar-refractivity contribution in [3.05, 3.63) is 29.8 Å². The van der Waals surface area contributed by atoms with Gasteiger partial charge >= 0.3 is 0 Å². The number of benzene rings is 1. The number of amides is 1. The molecule has 0 atom stereocenters. The first-order valence-electron chi connectivity index (χ1n) is 10.2. The summed E-state index contributed by atoms with van der Waals surface area (Å²) in [7, 11) is 0. The molecule has 1 aliphatic rings. The second kappa shape index (κ2) is 10.8. The summed E-state index contributed by atoms with van der Waals surface area (Å²) in [6.07, 6.45) is 4.57. The predicted octanol–water partition coefficient (Wildman–Crippen LogP) is 4.31. The molecule has 0 heterocycles. The molecule has 28 heavy (non-hydrogen) atoms. The van der Waals surface area contributed by atoms with Crippen LogP contribution in [0.5, 0.6) is 5.75 Å². The molecule has 0 aliphatic heterocycles. The van der Waals surface area contributed by atoms with Crippen molar-refractivity contribution >= 4 is 23.2 Å². The van der Waals surface area contributed by atoms with Gasteiger partial charge in [-0.25, -0.2) is 0 Å². The van der Waals surface area contributed by atoms with Gasteiger partial charge in [0.25, 0.3) is 5.91 Å². The summed E-state index contributed by atoms with van der Waals surface area (Å²) in [4.78, 5) is 12.4. The lowest BCUT2D eigenvalue weighted by Gasteiger charge is -2.37. The Kier molecular flexibility index (Phi) is 8.70. The van der Waals surface area contributed by atoms with Gasteiger partial charge in [-0.2, -0.15) is 0 Å². The van der Waals surface area contributed by atoms with E-state index in [1.165, 1.54) is 12.8 Å². The molecular formula is C22H34N2O3S. The topological polar surface area (TPSA) is 59.6 Å². The van der Waals surface area contributed by atoms with Gasteiger partial charge in [-0.3, -0.25) is 10.1 Å².